The third kappa shape index (κ3) is 3.11. The van der Waals surface area contributed by atoms with E-state index in [9.17, 15) is 4.79 Å². The minimum absolute atomic E-state index is 0. The predicted molar refractivity (Wildman–Crippen MR) is 100 cm³/mol. The third-order valence-electron chi connectivity index (χ3n) is 6.70. The number of carbonyl (C=O) groups excluding carboxylic acids is 1. The first-order chi connectivity index (χ1) is 11.8. The largest absolute Gasteiger partial charge is 0.326 e. The number of amides is 1. The molecule has 1 aromatic rings. The van der Waals surface area contributed by atoms with E-state index in [-0.39, 0.29) is 12.7 Å². The number of likely N-dealkylation sites (tertiary alicyclic amines) is 1. The quantitative estimate of drug-likeness (QED) is 0.756. The van der Waals surface area contributed by atoms with Crippen LogP contribution in [0.1, 0.15) is 71.2 Å². The summed E-state index contributed by atoms with van der Waals surface area (Å²) < 4.78 is 0. The van der Waals surface area contributed by atoms with Crippen LogP contribution in [0.4, 0.5) is 5.69 Å². The minimum Gasteiger partial charge on any atom is -0.326 e. The van der Waals surface area contributed by atoms with Gasteiger partial charge in [-0.25, -0.2) is 0 Å². The molecule has 4 rings (SSSR count). The number of anilines is 1. The number of nitrogens with zero attached hydrogens (tertiary/aromatic N) is 1. The fourth-order valence-electron chi connectivity index (χ4n) is 5.21. The molecule has 3 nitrogen and oxygen atoms in total. The molecule has 1 saturated carbocycles. The Kier molecular flexibility index (Phi) is 4.62. The zero-order chi connectivity index (χ0) is 16.4. The van der Waals surface area contributed by atoms with Crippen LogP contribution in [0.15, 0.2) is 24.3 Å². The number of benzene rings is 1. The first kappa shape index (κ1) is 16.1. The van der Waals surface area contributed by atoms with Crippen molar-refractivity contribution in [1.29, 1.82) is 0 Å². The molecule has 2 aliphatic heterocycles. The number of carbonyl (C=O) groups is 1. The van der Waals surface area contributed by atoms with Crippen LogP contribution in [-0.2, 0) is 10.2 Å². The Bertz CT molecular complexity index is 587. The van der Waals surface area contributed by atoms with E-state index in [4.69, 9.17) is 0 Å². The highest BCUT2D eigenvalue weighted by Gasteiger charge is 2.40. The number of hydrogen-bond acceptors (Lipinski definition) is 2. The first-order valence-electron chi connectivity index (χ1n) is 9.90. The van der Waals surface area contributed by atoms with E-state index in [1.54, 1.807) is 0 Å². The lowest BCUT2D eigenvalue weighted by Crippen LogP contribution is -2.46. The fourth-order valence-corrected chi connectivity index (χ4v) is 5.21. The van der Waals surface area contributed by atoms with Gasteiger partial charge in [0.2, 0.25) is 5.91 Å². The molecule has 0 bridgehead atoms. The van der Waals surface area contributed by atoms with E-state index in [2.05, 4.69) is 28.4 Å². The van der Waals surface area contributed by atoms with Gasteiger partial charge in [-0.3, -0.25) is 4.79 Å². The van der Waals surface area contributed by atoms with Crippen molar-refractivity contribution >= 4 is 11.6 Å². The standard InChI is InChI=1S/C21H30N2O.H2/c24-20-11-12-21(18-9-5-6-10-19(18)22-20)13-15-23(16-14-21)17-7-3-1-2-4-8-17;/h5-6,9-10,17H,1-4,7-8,11-16H2,(H,22,24);1H. The highest BCUT2D eigenvalue weighted by Crippen LogP contribution is 2.45. The maximum absolute atomic E-state index is 12.1. The minimum atomic E-state index is 0. The van der Waals surface area contributed by atoms with Gasteiger partial charge in [0.15, 0.2) is 0 Å². The Balaban J connectivity index is 0.00000182. The van der Waals surface area contributed by atoms with Gasteiger partial charge in [-0.1, -0.05) is 43.9 Å². The summed E-state index contributed by atoms with van der Waals surface area (Å²) in [5.41, 5.74) is 2.65. The zero-order valence-electron chi connectivity index (χ0n) is 14.7. The van der Waals surface area contributed by atoms with Crippen molar-refractivity contribution < 1.29 is 6.22 Å². The number of nitrogens with one attached hydrogen (secondary N) is 1. The molecule has 3 heteroatoms. The molecule has 24 heavy (non-hydrogen) atoms. The topological polar surface area (TPSA) is 32.3 Å². The molecular weight excluding hydrogens is 296 g/mol. The smallest absolute Gasteiger partial charge is 0.224 e. The number of para-hydroxylation sites is 1. The highest BCUT2D eigenvalue weighted by molar-refractivity contribution is 5.92. The second-order valence-corrected chi connectivity index (χ2v) is 8.06. The van der Waals surface area contributed by atoms with Gasteiger partial charge in [0.25, 0.3) is 0 Å². The van der Waals surface area contributed by atoms with E-state index < -0.39 is 0 Å². The van der Waals surface area contributed by atoms with Crippen LogP contribution < -0.4 is 5.32 Å². The number of fused-ring (bicyclic) bond motifs is 2. The maximum Gasteiger partial charge on any atom is 0.224 e. The van der Waals surface area contributed by atoms with Crippen molar-refractivity contribution in [1.82, 2.24) is 4.90 Å². The summed E-state index contributed by atoms with van der Waals surface area (Å²) in [6.07, 6.45) is 12.5. The third-order valence-corrected chi connectivity index (χ3v) is 6.70. The van der Waals surface area contributed by atoms with E-state index in [1.165, 1.54) is 70.0 Å². The molecule has 1 saturated heterocycles. The van der Waals surface area contributed by atoms with Gasteiger partial charge in [-0.15, -0.1) is 0 Å². The molecular formula is C21H32N2O. The number of rotatable bonds is 1. The zero-order valence-corrected chi connectivity index (χ0v) is 14.7. The Morgan fingerprint density at radius 1 is 1.00 bits per heavy atom. The molecule has 0 aromatic heterocycles. The molecule has 1 spiro atoms. The molecule has 2 heterocycles. The number of hydrogen-bond donors (Lipinski definition) is 1. The maximum atomic E-state index is 12.1. The lowest BCUT2D eigenvalue weighted by molar-refractivity contribution is -0.116. The van der Waals surface area contributed by atoms with Crippen LogP contribution >= 0.6 is 0 Å². The van der Waals surface area contributed by atoms with Gasteiger partial charge in [-0.05, 0) is 56.8 Å². The van der Waals surface area contributed by atoms with Gasteiger partial charge in [-0.2, -0.15) is 0 Å². The summed E-state index contributed by atoms with van der Waals surface area (Å²) in [4.78, 5) is 14.9. The van der Waals surface area contributed by atoms with Crippen molar-refractivity contribution in [2.24, 2.45) is 0 Å². The summed E-state index contributed by atoms with van der Waals surface area (Å²) >= 11 is 0. The van der Waals surface area contributed by atoms with Crippen molar-refractivity contribution in [2.45, 2.75) is 75.7 Å². The fraction of sp³-hybridized carbons (Fsp3) is 0.667. The monoisotopic (exact) mass is 328 g/mol. The average Bonchev–Trinajstić information content (AvgIpc) is 2.96. The van der Waals surface area contributed by atoms with Crippen molar-refractivity contribution in [3.8, 4) is 0 Å². The van der Waals surface area contributed by atoms with Crippen LogP contribution in [0.2, 0.25) is 0 Å². The molecule has 0 unspecified atom stereocenters. The molecule has 1 aliphatic carbocycles. The van der Waals surface area contributed by atoms with E-state index in [0.29, 0.717) is 6.42 Å². The van der Waals surface area contributed by atoms with Gasteiger partial charge in [0.05, 0.1) is 0 Å². The van der Waals surface area contributed by atoms with Gasteiger partial charge in [0.1, 0.15) is 0 Å². The molecule has 1 amide bonds. The Hall–Kier alpha value is -1.35. The van der Waals surface area contributed by atoms with Crippen molar-refractivity contribution in [2.75, 3.05) is 18.4 Å². The highest BCUT2D eigenvalue weighted by atomic mass is 16.1. The van der Waals surface area contributed by atoms with Gasteiger partial charge < -0.3 is 10.2 Å². The second kappa shape index (κ2) is 6.87. The number of piperidine rings is 1. The Labute approximate surface area is 147 Å². The molecule has 3 aliphatic rings. The summed E-state index contributed by atoms with van der Waals surface area (Å²) in [5.74, 6) is 0.186. The van der Waals surface area contributed by atoms with E-state index in [0.717, 1.165) is 18.2 Å². The average molecular weight is 328 g/mol. The van der Waals surface area contributed by atoms with E-state index in [1.807, 2.05) is 6.07 Å². The molecule has 0 atom stereocenters. The Morgan fingerprint density at radius 2 is 1.71 bits per heavy atom. The normalized spacial score (nSPS) is 25.6. The Morgan fingerprint density at radius 3 is 2.46 bits per heavy atom. The van der Waals surface area contributed by atoms with Crippen LogP contribution in [0.5, 0.6) is 0 Å². The van der Waals surface area contributed by atoms with Crippen molar-refractivity contribution in [3.63, 3.8) is 0 Å². The summed E-state index contributed by atoms with van der Waals surface area (Å²) in [6, 6.07) is 9.32. The lowest BCUT2D eigenvalue weighted by Gasteiger charge is -2.45. The second-order valence-electron chi connectivity index (χ2n) is 8.06. The van der Waals surface area contributed by atoms with E-state index >= 15 is 0 Å². The molecule has 1 N–H and O–H groups in total. The SMILES string of the molecule is O=C1CCC2(CCN(C3CCCCCC3)CC2)c2ccccc2N1.[HH]. The van der Waals surface area contributed by atoms with Crippen LogP contribution in [0.3, 0.4) is 0 Å². The van der Waals surface area contributed by atoms with Crippen LogP contribution in [0, 0.1) is 0 Å². The summed E-state index contributed by atoms with van der Waals surface area (Å²) in [6.45, 7) is 2.40. The van der Waals surface area contributed by atoms with Crippen LogP contribution in [0.25, 0.3) is 0 Å². The predicted octanol–water partition coefficient (Wildman–Crippen LogP) is 4.72. The van der Waals surface area contributed by atoms with Crippen LogP contribution in [-0.4, -0.2) is 29.9 Å². The molecule has 2 fully saturated rings. The summed E-state index contributed by atoms with van der Waals surface area (Å²) in [5, 5.41) is 3.12. The molecule has 0 radical (unpaired) electrons. The van der Waals surface area contributed by atoms with Gasteiger partial charge >= 0.3 is 0 Å². The van der Waals surface area contributed by atoms with Crippen molar-refractivity contribution in [3.05, 3.63) is 29.8 Å². The molecule has 1 aromatic carbocycles. The first-order valence-corrected chi connectivity index (χ1v) is 9.90. The molecule has 132 valence electrons. The lowest BCUT2D eigenvalue weighted by atomic mass is 9.69. The summed E-state index contributed by atoms with van der Waals surface area (Å²) in [7, 11) is 0. The van der Waals surface area contributed by atoms with Gasteiger partial charge in [0, 0.05) is 25.0 Å².